The van der Waals surface area contributed by atoms with Crippen LogP contribution >= 0.6 is 0 Å². The molecule has 2 saturated heterocycles. The molecule has 6 aliphatic rings. The van der Waals surface area contributed by atoms with Gasteiger partial charge in [-0.15, -0.1) is 0 Å². The molecule has 2 bridgehead atoms. The van der Waals surface area contributed by atoms with Gasteiger partial charge >= 0.3 is 5.97 Å². The summed E-state index contributed by atoms with van der Waals surface area (Å²) < 4.78 is 13.5. The molecule has 6 rings (SSSR count). The molecule has 0 aromatic rings. The number of aliphatic hydroxyl groups is 1. The number of aliphatic hydroxyl groups excluding tert-OH is 1. The molecule has 0 radical (unpaired) electrons. The molecule has 2 aliphatic heterocycles. The van der Waals surface area contributed by atoms with Gasteiger partial charge in [-0.1, -0.05) is 0 Å². The second-order valence-corrected chi connectivity index (χ2v) is 11.6. The predicted molar refractivity (Wildman–Crippen MR) is 118 cm³/mol. The van der Waals surface area contributed by atoms with E-state index in [9.17, 15) is 9.90 Å². The number of aliphatic carboxylic acids is 1. The van der Waals surface area contributed by atoms with Crippen LogP contribution in [0.4, 0.5) is 0 Å². The van der Waals surface area contributed by atoms with Crippen molar-refractivity contribution in [3.63, 3.8) is 0 Å². The summed E-state index contributed by atoms with van der Waals surface area (Å²) in [5.74, 6) is 1.12. The zero-order valence-corrected chi connectivity index (χ0v) is 19.4. The van der Waals surface area contributed by atoms with Crippen LogP contribution in [0.1, 0.15) is 64.2 Å². The molecule has 3 N–H and O–H groups in total. The Morgan fingerprint density at radius 2 is 2.06 bits per heavy atom. The Balaban J connectivity index is 1.34. The molecule has 2 heterocycles. The molecule has 0 amide bonds. The molecule has 0 aromatic heterocycles. The number of nitrogens with one attached hydrogen (secondary N) is 1. The minimum atomic E-state index is -0.736. The van der Waals surface area contributed by atoms with E-state index in [4.69, 9.17) is 14.6 Å². The summed E-state index contributed by atoms with van der Waals surface area (Å²) in [6, 6.07) is 0.662. The molecule has 5 unspecified atom stereocenters. The Hall–Kier alpha value is -0.730. The number of hydrogen-bond acceptors (Lipinski definition) is 6. The number of ether oxygens (including phenoxy) is 2. The first-order valence-corrected chi connectivity index (χ1v) is 13.1. The predicted octanol–water partition coefficient (Wildman–Crippen LogP) is 2.02. The van der Waals surface area contributed by atoms with E-state index in [-0.39, 0.29) is 41.8 Å². The minimum absolute atomic E-state index is 0.0390. The van der Waals surface area contributed by atoms with Gasteiger partial charge < -0.3 is 25.0 Å². The third kappa shape index (κ3) is 3.00. The highest BCUT2D eigenvalue weighted by Crippen LogP contribution is 2.70. The monoisotopic (exact) mass is 448 g/mol. The number of piperidine rings is 1. The average Bonchev–Trinajstić information content (AvgIpc) is 3.52. The normalized spacial score (nSPS) is 49.6. The smallest absolute Gasteiger partial charge is 0.303 e. The zero-order chi connectivity index (χ0) is 22.1. The van der Waals surface area contributed by atoms with E-state index in [1.54, 1.807) is 0 Å². The maximum atomic E-state index is 11.0. The van der Waals surface area contributed by atoms with Crippen LogP contribution in [0.15, 0.2) is 0 Å². The second-order valence-electron chi connectivity index (χ2n) is 11.6. The quantitative estimate of drug-likeness (QED) is 0.489. The number of likely N-dealkylation sites (tertiary alicyclic amines) is 1. The van der Waals surface area contributed by atoms with Crippen molar-refractivity contribution >= 4 is 5.97 Å². The molecular formula is C25H40N2O5. The first-order chi connectivity index (χ1) is 15.5. The van der Waals surface area contributed by atoms with E-state index in [1.807, 2.05) is 7.11 Å². The second kappa shape index (κ2) is 7.91. The Labute approximate surface area is 191 Å². The van der Waals surface area contributed by atoms with Gasteiger partial charge in [-0.3, -0.25) is 9.69 Å². The third-order valence-electron chi connectivity index (χ3n) is 10.3. The summed E-state index contributed by atoms with van der Waals surface area (Å²) >= 11 is 0. The van der Waals surface area contributed by atoms with Crippen molar-refractivity contribution in [3.05, 3.63) is 0 Å². The molecule has 7 nitrogen and oxygen atoms in total. The highest BCUT2D eigenvalue weighted by molar-refractivity contribution is 5.66. The van der Waals surface area contributed by atoms with Gasteiger partial charge in [0.1, 0.15) is 0 Å². The van der Waals surface area contributed by atoms with Crippen LogP contribution in [0.25, 0.3) is 0 Å². The SMILES string of the molecule is CO[C@]12CC[C@H](NCCCC(=O)O)[C@@H]3OC4C(O)CCC5CC1N(CC1CC1)CC[C@]32C54. The fraction of sp³-hybridized carbons (Fsp3) is 0.960. The molecule has 32 heavy (non-hydrogen) atoms. The van der Waals surface area contributed by atoms with Gasteiger partial charge in [-0.05, 0) is 82.7 Å². The van der Waals surface area contributed by atoms with Gasteiger partial charge in [0.15, 0.2) is 0 Å². The lowest BCUT2D eigenvalue weighted by Crippen LogP contribution is -2.79. The maximum Gasteiger partial charge on any atom is 0.303 e. The van der Waals surface area contributed by atoms with Crippen molar-refractivity contribution < 1.29 is 24.5 Å². The van der Waals surface area contributed by atoms with Crippen LogP contribution in [0.2, 0.25) is 0 Å². The van der Waals surface area contributed by atoms with Crippen LogP contribution in [0, 0.1) is 23.2 Å². The summed E-state index contributed by atoms with van der Waals surface area (Å²) in [5.41, 5.74) is -0.249. The van der Waals surface area contributed by atoms with Crippen LogP contribution in [0.3, 0.4) is 0 Å². The summed E-state index contributed by atoms with van der Waals surface area (Å²) in [7, 11) is 1.93. The first kappa shape index (κ1) is 21.8. The number of carboxylic acid groups (broad SMARTS) is 1. The van der Waals surface area contributed by atoms with E-state index < -0.39 is 5.97 Å². The molecule has 1 spiro atoms. The third-order valence-corrected chi connectivity index (χ3v) is 10.3. The lowest BCUT2D eigenvalue weighted by atomic mass is 9.42. The average molecular weight is 449 g/mol. The van der Waals surface area contributed by atoms with Crippen LogP contribution in [0.5, 0.6) is 0 Å². The van der Waals surface area contributed by atoms with Gasteiger partial charge in [-0.2, -0.15) is 0 Å². The fourth-order valence-corrected chi connectivity index (χ4v) is 9.02. The molecule has 4 saturated carbocycles. The number of methoxy groups -OCH3 is 1. The van der Waals surface area contributed by atoms with Gasteiger partial charge in [-0.25, -0.2) is 0 Å². The van der Waals surface area contributed by atoms with E-state index in [0.717, 1.165) is 44.6 Å². The standard InChI is InChI=1S/C25H40N2O5/c1-31-25-9-8-17(26-11-2-3-20(29)30)23-24(25)10-12-27(14-15-4-5-15)19(25)13-16-6-7-18(28)22(32-23)21(16)24/h15-19,21-23,26,28H,2-14H2,1H3,(H,29,30)/t16?,17-,18?,19?,21?,22?,23-,24-,25+/m0/s1. The van der Waals surface area contributed by atoms with Crippen molar-refractivity contribution in [1.29, 1.82) is 0 Å². The topological polar surface area (TPSA) is 91.3 Å². The summed E-state index contributed by atoms with van der Waals surface area (Å²) in [5, 5.41) is 23.7. The number of nitrogens with zero attached hydrogens (tertiary/aromatic N) is 1. The minimum Gasteiger partial charge on any atom is -0.481 e. The number of hydrogen-bond donors (Lipinski definition) is 3. The molecular weight excluding hydrogens is 408 g/mol. The molecule has 6 fully saturated rings. The summed E-state index contributed by atoms with van der Waals surface area (Å²) in [6.45, 7) is 3.03. The van der Waals surface area contributed by atoms with Gasteiger partial charge in [0.25, 0.3) is 0 Å². The van der Waals surface area contributed by atoms with Crippen molar-refractivity contribution in [2.24, 2.45) is 23.2 Å². The van der Waals surface area contributed by atoms with E-state index >= 15 is 0 Å². The summed E-state index contributed by atoms with van der Waals surface area (Å²) in [6.07, 6.45) is 9.41. The van der Waals surface area contributed by atoms with Crippen LogP contribution in [-0.2, 0) is 14.3 Å². The Kier molecular flexibility index (Phi) is 5.38. The summed E-state index contributed by atoms with van der Waals surface area (Å²) in [4.78, 5) is 13.7. The van der Waals surface area contributed by atoms with Crippen LogP contribution < -0.4 is 5.32 Å². The molecule has 0 aromatic carbocycles. The molecule has 9 atom stereocenters. The van der Waals surface area contributed by atoms with Crippen molar-refractivity contribution in [2.75, 3.05) is 26.7 Å². The van der Waals surface area contributed by atoms with E-state index in [2.05, 4.69) is 10.2 Å². The van der Waals surface area contributed by atoms with Gasteiger partial charge in [0, 0.05) is 43.5 Å². The van der Waals surface area contributed by atoms with Crippen molar-refractivity contribution in [2.45, 2.75) is 100 Å². The Bertz CT molecular complexity index is 746. The number of carboxylic acids is 1. The highest BCUT2D eigenvalue weighted by atomic mass is 16.5. The molecule has 4 aliphatic carbocycles. The van der Waals surface area contributed by atoms with E-state index in [0.29, 0.717) is 30.8 Å². The van der Waals surface area contributed by atoms with Gasteiger partial charge in [0.2, 0.25) is 0 Å². The van der Waals surface area contributed by atoms with E-state index in [1.165, 1.54) is 25.8 Å². The van der Waals surface area contributed by atoms with Gasteiger partial charge in [0.05, 0.1) is 23.9 Å². The first-order valence-electron chi connectivity index (χ1n) is 13.1. The maximum absolute atomic E-state index is 11.0. The largest absolute Gasteiger partial charge is 0.481 e. The van der Waals surface area contributed by atoms with Crippen LogP contribution in [-0.4, -0.2) is 83.8 Å². The Morgan fingerprint density at radius 3 is 2.81 bits per heavy atom. The number of rotatable bonds is 8. The molecule has 180 valence electrons. The highest BCUT2D eigenvalue weighted by Gasteiger charge is 2.78. The lowest BCUT2D eigenvalue weighted by molar-refractivity contribution is -0.272. The zero-order valence-electron chi connectivity index (χ0n) is 19.4. The Morgan fingerprint density at radius 1 is 1.22 bits per heavy atom. The van der Waals surface area contributed by atoms with Crippen molar-refractivity contribution in [1.82, 2.24) is 10.2 Å². The lowest BCUT2D eigenvalue weighted by Gasteiger charge is -2.70. The number of carbonyl (C=O) groups is 1. The van der Waals surface area contributed by atoms with Crippen molar-refractivity contribution in [3.8, 4) is 0 Å². The fourth-order valence-electron chi connectivity index (χ4n) is 9.02. The molecule has 7 heteroatoms.